The molecule has 1 aliphatic heterocycles. The Kier molecular flexibility index (Phi) is 9.48. The van der Waals surface area contributed by atoms with Crippen molar-refractivity contribution in [1.29, 1.82) is 0 Å². The molecule has 1 fully saturated rings. The van der Waals surface area contributed by atoms with Gasteiger partial charge in [0.1, 0.15) is 6.10 Å². The molecule has 0 spiro atoms. The molecular weight excluding hydrogens is 382 g/mol. The average Bonchev–Trinajstić information content (AvgIpc) is 3.09. The van der Waals surface area contributed by atoms with Crippen molar-refractivity contribution in [3.05, 3.63) is 29.8 Å². The number of halogens is 1. The van der Waals surface area contributed by atoms with Crippen LogP contribution in [0.2, 0.25) is 0 Å². The number of nitrogens with one attached hydrogen (secondary N) is 2. The molecule has 1 aromatic rings. The van der Waals surface area contributed by atoms with Gasteiger partial charge < -0.3 is 20.5 Å². The first-order chi connectivity index (χ1) is 12.0. The third kappa shape index (κ3) is 6.49. The van der Waals surface area contributed by atoms with Crippen molar-refractivity contribution in [3.63, 3.8) is 0 Å². The second-order valence-corrected chi connectivity index (χ2v) is 7.58. The highest BCUT2D eigenvalue weighted by Gasteiger charge is 2.29. The van der Waals surface area contributed by atoms with Crippen LogP contribution in [0.5, 0.6) is 0 Å². The van der Waals surface area contributed by atoms with Crippen LogP contribution in [-0.4, -0.2) is 53.3 Å². The smallest absolute Gasteiger partial charge is 0.249 e. The fourth-order valence-electron chi connectivity index (χ4n) is 2.56. The second kappa shape index (κ2) is 10.8. The maximum absolute atomic E-state index is 12.2. The zero-order valence-corrected chi connectivity index (χ0v) is 16.3. The van der Waals surface area contributed by atoms with E-state index in [9.17, 15) is 13.2 Å². The van der Waals surface area contributed by atoms with E-state index in [0.29, 0.717) is 25.1 Å². The first-order valence-corrected chi connectivity index (χ1v) is 9.65. The molecule has 0 aromatic heterocycles. The molecule has 1 aromatic carbocycles. The van der Waals surface area contributed by atoms with E-state index in [4.69, 9.17) is 15.2 Å². The molecule has 148 valence electrons. The van der Waals surface area contributed by atoms with Gasteiger partial charge in [-0.3, -0.25) is 4.79 Å². The van der Waals surface area contributed by atoms with Gasteiger partial charge in [0.05, 0.1) is 17.6 Å². The number of amides is 1. The second-order valence-electron chi connectivity index (χ2n) is 5.82. The summed E-state index contributed by atoms with van der Waals surface area (Å²) >= 11 is 0. The van der Waals surface area contributed by atoms with Gasteiger partial charge in [-0.2, -0.15) is 0 Å². The molecular formula is C16H26ClN3O5S. The maximum Gasteiger partial charge on any atom is 0.249 e. The van der Waals surface area contributed by atoms with Crippen molar-refractivity contribution < 1.29 is 22.7 Å². The molecule has 8 nitrogen and oxygen atoms in total. The first kappa shape index (κ1) is 22.8. The van der Waals surface area contributed by atoms with Crippen LogP contribution in [0, 0.1) is 0 Å². The van der Waals surface area contributed by atoms with Crippen molar-refractivity contribution in [1.82, 2.24) is 10.0 Å². The highest BCUT2D eigenvalue weighted by molar-refractivity contribution is 7.89. The summed E-state index contributed by atoms with van der Waals surface area (Å²) in [7, 11) is -2.10. The Morgan fingerprint density at radius 1 is 1.38 bits per heavy atom. The normalized spacial score (nSPS) is 19.8. The summed E-state index contributed by atoms with van der Waals surface area (Å²) in [5.74, 6) is -0.206. The average molecular weight is 408 g/mol. The molecule has 26 heavy (non-hydrogen) atoms. The van der Waals surface area contributed by atoms with Crippen molar-refractivity contribution in [2.75, 3.05) is 26.8 Å². The van der Waals surface area contributed by atoms with E-state index in [1.807, 2.05) is 0 Å². The van der Waals surface area contributed by atoms with E-state index in [0.717, 1.165) is 6.42 Å². The SMILES string of the molecule is COCCNS(=O)(=O)c1cccc(CNC(=O)[C@@H]2CC[C@H](CN)O2)c1.Cl. The van der Waals surface area contributed by atoms with Gasteiger partial charge >= 0.3 is 0 Å². The molecule has 0 aliphatic carbocycles. The molecule has 0 radical (unpaired) electrons. The minimum atomic E-state index is -3.60. The van der Waals surface area contributed by atoms with Crippen molar-refractivity contribution in [2.45, 2.75) is 36.5 Å². The van der Waals surface area contributed by atoms with E-state index in [-0.39, 0.29) is 42.4 Å². The molecule has 0 unspecified atom stereocenters. The topological polar surface area (TPSA) is 120 Å². The quantitative estimate of drug-likeness (QED) is 0.501. The number of hydrogen-bond acceptors (Lipinski definition) is 6. The third-order valence-corrected chi connectivity index (χ3v) is 5.40. The summed E-state index contributed by atoms with van der Waals surface area (Å²) in [4.78, 5) is 12.3. The third-order valence-electron chi connectivity index (χ3n) is 3.94. The standard InChI is InChI=1S/C16H25N3O5S.ClH/c1-23-8-7-19-25(21,22)14-4-2-3-12(9-14)11-18-16(20)15-6-5-13(10-17)24-15;/h2-4,9,13,15,19H,5-8,10-11,17H2,1H3,(H,18,20);1H/t13-,15+;/m1./s1. The van der Waals surface area contributed by atoms with Crippen LogP contribution < -0.4 is 15.8 Å². The maximum atomic E-state index is 12.2. The Balaban J connectivity index is 0.00000338. The number of carbonyl (C=O) groups is 1. The number of nitrogens with two attached hydrogens (primary N) is 1. The molecule has 1 heterocycles. The fraction of sp³-hybridized carbons (Fsp3) is 0.562. The zero-order valence-electron chi connectivity index (χ0n) is 14.6. The highest BCUT2D eigenvalue weighted by atomic mass is 35.5. The molecule has 2 atom stereocenters. The minimum Gasteiger partial charge on any atom is -0.383 e. The number of carbonyl (C=O) groups excluding carboxylic acids is 1. The lowest BCUT2D eigenvalue weighted by Gasteiger charge is -2.13. The fourth-order valence-corrected chi connectivity index (χ4v) is 3.64. The van der Waals surface area contributed by atoms with Crippen molar-refractivity contribution in [2.24, 2.45) is 5.73 Å². The number of methoxy groups -OCH3 is 1. The summed E-state index contributed by atoms with van der Waals surface area (Å²) in [5.41, 5.74) is 6.23. The molecule has 10 heteroatoms. The number of benzene rings is 1. The molecule has 4 N–H and O–H groups in total. The summed E-state index contributed by atoms with van der Waals surface area (Å²) in [6.45, 7) is 1.12. The van der Waals surface area contributed by atoms with Crippen LogP contribution in [0.15, 0.2) is 29.2 Å². The summed E-state index contributed by atoms with van der Waals surface area (Å²) in [6.07, 6.45) is 0.861. The van der Waals surface area contributed by atoms with E-state index in [1.54, 1.807) is 12.1 Å². The van der Waals surface area contributed by atoms with Crippen molar-refractivity contribution in [3.8, 4) is 0 Å². The minimum absolute atomic E-state index is 0. The molecule has 0 bridgehead atoms. The number of sulfonamides is 1. The Labute approximate surface area is 160 Å². The zero-order chi connectivity index (χ0) is 18.3. The molecule has 1 amide bonds. The molecule has 0 saturated carbocycles. The lowest BCUT2D eigenvalue weighted by atomic mass is 10.2. The Morgan fingerprint density at radius 3 is 2.81 bits per heavy atom. The lowest BCUT2D eigenvalue weighted by molar-refractivity contribution is -0.132. The van der Waals surface area contributed by atoms with E-state index >= 15 is 0 Å². The van der Waals surface area contributed by atoms with Crippen LogP contribution in [0.4, 0.5) is 0 Å². The number of hydrogen-bond donors (Lipinski definition) is 3. The molecule has 1 aliphatic rings. The van der Waals surface area contributed by atoms with Gasteiger partial charge in [0.25, 0.3) is 0 Å². The first-order valence-electron chi connectivity index (χ1n) is 8.17. The van der Waals surface area contributed by atoms with Crippen LogP contribution >= 0.6 is 12.4 Å². The summed E-state index contributed by atoms with van der Waals surface area (Å²) in [6, 6.07) is 6.44. The van der Waals surface area contributed by atoms with Gasteiger partial charge in [-0.1, -0.05) is 12.1 Å². The van der Waals surface area contributed by atoms with Gasteiger partial charge in [0.15, 0.2) is 0 Å². The monoisotopic (exact) mass is 407 g/mol. The van der Waals surface area contributed by atoms with Crippen LogP contribution in [-0.2, 0) is 30.8 Å². The summed E-state index contributed by atoms with van der Waals surface area (Å²) in [5, 5.41) is 2.78. The van der Waals surface area contributed by atoms with Gasteiger partial charge in [-0.15, -0.1) is 12.4 Å². The largest absolute Gasteiger partial charge is 0.383 e. The summed E-state index contributed by atoms with van der Waals surface area (Å²) < 4.78 is 37.2. The van der Waals surface area contributed by atoms with E-state index < -0.39 is 16.1 Å². The Morgan fingerprint density at radius 2 is 2.15 bits per heavy atom. The number of ether oxygens (including phenoxy) is 2. The van der Waals surface area contributed by atoms with Gasteiger partial charge in [-0.25, -0.2) is 13.1 Å². The van der Waals surface area contributed by atoms with Gasteiger partial charge in [0, 0.05) is 26.7 Å². The van der Waals surface area contributed by atoms with Crippen LogP contribution in [0.25, 0.3) is 0 Å². The predicted molar refractivity (Wildman–Crippen MR) is 99.6 cm³/mol. The lowest BCUT2D eigenvalue weighted by Crippen LogP contribution is -2.35. The number of rotatable bonds is 9. The van der Waals surface area contributed by atoms with Gasteiger partial charge in [-0.05, 0) is 30.5 Å². The molecule has 1 saturated heterocycles. The van der Waals surface area contributed by atoms with E-state index in [2.05, 4.69) is 10.0 Å². The molecule has 2 rings (SSSR count). The predicted octanol–water partition coefficient (Wildman–Crippen LogP) is 0.156. The van der Waals surface area contributed by atoms with Crippen molar-refractivity contribution >= 4 is 28.3 Å². The van der Waals surface area contributed by atoms with E-state index in [1.165, 1.54) is 19.2 Å². The Hall–Kier alpha value is -1.23. The van der Waals surface area contributed by atoms with Gasteiger partial charge in [0.2, 0.25) is 15.9 Å². The van der Waals surface area contributed by atoms with Crippen LogP contribution in [0.1, 0.15) is 18.4 Å². The van der Waals surface area contributed by atoms with Crippen LogP contribution in [0.3, 0.4) is 0 Å². The Bertz CT molecular complexity index is 686. The highest BCUT2D eigenvalue weighted by Crippen LogP contribution is 2.19.